The van der Waals surface area contributed by atoms with E-state index in [0.29, 0.717) is 22.6 Å². The van der Waals surface area contributed by atoms with Crippen molar-refractivity contribution >= 4 is 33.1 Å². The zero-order valence-corrected chi connectivity index (χ0v) is 25.6. The molecule has 6 rings (SSSR count). The topological polar surface area (TPSA) is 137 Å². The summed E-state index contributed by atoms with van der Waals surface area (Å²) in [5.41, 5.74) is 0.361. The van der Waals surface area contributed by atoms with E-state index in [1.165, 1.54) is 6.20 Å². The Morgan fingerprint density at radius 2 is 1.80 bits per heavy atom. The van der Waals surface area contributed by atoms with Gasteiger partial charge < -0.3 is 15.4 Å². The Hall–Kier alpha value is -5.43. The average molecular weight is 626 g/mol. The van der Waals surface area contributed by atoms with Crippen molar-refractivity contribution in [1.82, 2.24) is 25.0 Å². The summed E-state index contributed by atoms with van der Waals surface area (Å²) in [6, 6.07) is 14.5. The minimum Gasteiger partial charge on any atom is -0.481 e. The lowest BCUT2D eigenvalue weighted by molar-refractivity contribution is -0.206. The molecule has 1 aliphatic rings. The number of halogens is 3. The van der Waals surface area contributed by atoms with Crippen LogP contribution in [0.25, 0.3) is 21.7 Å². The number of nitrogens with one attached hydrogen (secondary N) is 2. The van der Waals surface area contributed by atoms with Crippen LogP contribution >= 0.6 is 0 Å². The minimum atomic E-state index is -4.49. The standard InChI is InChI=1S/C33H30F3N9O/c1-31(2,33(34,35)36)18-41-28-20(15-38)16-40-27-19(14-37)12-21(13-25(27)28)42-29(26-17-45(44-43-26)32(3)9-10-32)23-6-5-7-24-22(23)8-11-39-30(24)46-4/h5-8,11-13,16-17,29,42H,9-10,18H2,1-4H3,(H,40,41). The first-order valence-corrected chi connectivity index (χ1v) is 14.6. The Morgan fingerprint density at radius 1 is 1.04 bits per heavy atom. The minimum absolute atomic E-state index is 0.0531. The third-order valence-electron chi connectivity index (χ3n) is 8.64. The smallest absolute Gasteiger partial charge is 0.395 e. The molecule has 10 nitrogen and oxygen atoms in total. The Labute approximate surface area is 262 Å². The third-order valence-corrected chi connectivity index (χ3v) is 8.64. The van der Waals surface area contributed by atoms with Crippen LogP contribution in [0.2, 0.25) is 0 Å². The van der Waals surface area contributed by atoms with Gasteiger partial charge in [0, 0.05) is 35.4 Å². The Kier molecular flexibility index (Phi) is 7.43. The SMILES string of the molecule is COc1nccc2c(C(Nc3cc(C#N)c4ncc(C#N)c(NCC(C)(C)C(F)(F)F)c4c3)c3cn(C4(C)CC4)nn3)cccc12. The van der Waals surface area contributed by atoms with Crippen molar-refractivity contribution in [1.29, 1.82) is 10.5 Å². The van der Waals surface area contributed by atoms with Gasteiger partial charge in [0.25, 0.3) is 0 Å². The van der Waals surface area contributed by atoms with Crippen LogP contribution in [0.1, 0.15) is 62.0 Å². The van der Waals surface area contributed by atoms with E-state index in [4.69, 9.17) is 4.74 Å². The molecule has 3 aromatic heterocycles. The summed E-state index contributed by atoms with van der Waals surface area (Å²) >= 11 is 0. The number of methoxy groups -OCH3 is 1. The highest BCUT2D eigenvalue weighted by atomic mass is 19.4. The highest BCUT2D eigenvalue weighted by Gasteiger charge is 2.47. The molecule has 0 spiro atoms. The van der Waals surface area contributed by atoms with E-state index in [1.54, 1.807) is 25.4 Å². The molecule has 0 amide bonds. The molecule has 0 bridgehead atoms. The molecular weight excluding hydrogens is 595 g/mol. The Bertz CT molecular complexity index is 2050. The summed E-state index contributed by atoms with van der Waals surface area (Å²) in [6.07, 6.45) is 2.29. The fourth-order valence-corrected chi connectivity index (χ4v) is 5.34. The van der Waals surface area contributed by atoms with Crippen molar-refractivity contribution in [3.8, 4) is 18.0 Å². The van der Waals surface area contributed by atoms with Crippen LogP contribution in [0, 0.1) is 28.1 Å². The number of benzene rings is 2. The fourth-order valence-electron chi connectivity index (χ4n) is 5.34. The molecule has 46 heavy (non-hydrogen) atoms. The summed E-state index contributed by atoms with van der Waals surface area (Å²) in [7, 11) is 1.55. The number of fused-ring (bicyclic) bond motifs is 2. The molecule has 0 saturated heterocycles. The number of nitriles is 2. The van der Waals surface area contributed by atoms with Crippen LogP contribution in [0.15, 0.2) is 55.0 Å². The van der Waals surface area contributed by atoms with Crippen molar-refractivity contribution < 1.29 is 17.9 Å². The monoisotopic (exact) mass is 625 g/mol. The number of pyridine rings is 2. The number of aromatic nitrogens is 5. The number of ether oxygens (including phenoxy) is 1. The van der Waals surface area contributed by atoms with Crippen molar-refractivity contribution in [3.63, 3.8) is 0 Å². The molecule has 1 atom stereocenters. The van der Waals surface area contributed by atoms with E-state index in [9.17, 15) is 23.7 Å². The number of hydrogen-bond acceptors (Lipinski definition) is 9. The van der Waals surface area contributed by atoms with Crippen molar-refractivity contribution in [2.24, 2.45) is 5.41 Å². The van der Waals surface area contributed by atoms with Crippen molar-refractivity contribution in [2.75, 3.05) is 24.3 Å². The molecule has 1 aliphatic carbocycles. The van der Waals surface area contributed by atoms with E-state index in [0.717, 1.165) is 43.0 Å². The molecule has 1 unspecified atom stereocenters. The molecule has 3 heterocycles. The summed E-state index contributed by atoms with van der Waals surface area (Å²) in [4.78, 5) is 8.67. The molecule has 1 fully saturated rings. The molecule has 1 saturated carbocycles. The zero-order valence-electron chi connectivity index (χ0n) is 25.6. The van der Waals surface area contributed by atoms with Crippen LogP contribution in [-0.2, 0) is 5.54 Å². The van der Waals surface area contributed by atoms with E-state index in [-0.39, 0.29) is 27.9 Å². The lowest BCUT2D eigenvalue weighted by Gasteiger charge is -2.28. The average Bonchev–Trinajstić information content (AvgIpc) is 3.59. The summed E-state index contributed by atoms with van der Waals surface area (Å²) < 4.78 is 48.5. The molecule has 0 aliphatic heterocycles. The van der Waals surface area contributed by atoms with E-state index < -0.39 is 24.2 Å². The van der Waals surface area contributed by atoms with Crippen molar-refractivity contribution in [3.05, 3.63) is 77.4 Å². The van der Waals surface area contributed by atoms with Gasteiger partial charge in [-0.15, -0.1) is 5.10 Å². The second kappa shape index (κ2) is 11.2. The van der Waals surface area contributed by atoms with Gasteiger partial charge in [0.05, 0.1) is 52.6 Å². The fraction of sp³-hybridized carbons (Fsp3) is 0.333. The predicted octanol–water partition coefficient (Wildman–Crippen LogP) is 6.84. The van der Waals surface area contributed by atoms with Gasteiger partial charge in [-0.3, -0.25) is 4.98 Å². The van der Waals surface area contributed by atoms with Crippen molar-refractivity contribution in [2.45, 2.75) is 51.4 Å². The number of nitrogens with zero attached hydrogens (tertiary/aromatic N) is 7. The number of hydrogen-bond donors (Lipinski definition) is 2. The maximum atomic E-state index is 13.7. The van der Waals surface area contributed by atoms with Gasteiger partial charge in [-0.1, -0.05) is 17.3 Å². The second-order valence-corrected chi connectivity index (χ2v) is 12.4. The first kappa shape index (κ1) is 30.6. The Morgan fingerprint density at radius 3 is 2.48 bits per heavy atom. The molecule has 234 valence electrons. The van der Waals surface area contributed by atoms with Gasteiger partial charge in [-0.05, 0) is 68.8 Å². The maximum Gasteiger partial charge on any atom is 0.395 e. The third kappa shape index (κ3) is 5.38. The predicted molar refractivity (Wildman–Crippen MR) is 166 cm³/mol. The number of rotatable bonds is 9. The largest absolute Gasteiger partial charge is 0.481 e. The molecule has 2 N–H and O–H groups in total. The second-order valence-electron chi connectivity index (χ2n) is 12.4. The molecule has 2 aromatic carbocycles. The number of anilines is 2. The molecular formula is C33H30F3N9O. The van der Waals surface area contributed by atoms with Crippen LogP contribution in [0.4, 0.5) is 24.5 Å². The summed E-state index contributed by atoms with van der Waals surface area (Å²) in [5, 5.41) is 37.3. The lowest BCUT2D eigenvalue weighted by Crippen LogP contribution is -2.38. The van der Waals surface area contributed by atoms with E-state index in [2.05, 4.69) is 43.9 Å². The highest BCUT2D eigenvalue weighted by Crippen LogP contribution is 2.43. The van der Waals surface area contributed by atoms with Crippen LogP contribution in [0.5, 0.6) is 5.88 Å². The molecule has 0 radical (unpaired) electrons. The molecule has 5 aromatic rings. The quantitative estimate of drug-likeness (QED) is 0.180. The van der Waals surface area contributed by atoms with Crippen LogP contribution in [-0.4, -0.2) is 44.8 Å². The van der Waals surface area contributed by atoms with E-state index in [1.807, 2.05) is 41.2 Å². The van der Waals surface area contributed by atoms with Crippen LogP contribution < -0.4 is 15.4 Å². The zero-order chi connectivity index (χ0) is 32.9. The Balaban J connectivity index is 1.50. The summed E-state index contributed by atoms with van der Waals surface area (Å²) in [6.45, 7) is 3.77. The first-order chi connectivity index (χ1) is 21.9. The normalized spacial score (nSPS) is 14.8. The molecule has 13 heteroatoms. The highest BCUT2D eigenvalue weighted by molar-refractivity contribution is 5.99. The van der Waals surface area contributed by atoms with Crippen LogP contribution in [0.3, 0.4) is 0 Å². The lowest BCUT2D eigenvalue weighted by atomic mass is 9.92. The first-order valence-electron chi connectivity index (χ1n) is 14.6. The summed E-state index contributed by atoms with van der Waals surface area (Å²) in [5.74, 6) is 0.456. The number of alkyl halides is 3. The van der Waals surface area contributed by atoms with Gasteiger partial charge >= 0.3 is 6.18 Å². The van der Waals surface area contributed by atoms with Gasteiger partial charge in [0.1, 0.15) is 17.8 Å². The van der Waals surface area contributed by atoms with Gasteiger partial charge in [-0.25, -0.2) is 9.67 Å². The van der Waals surface area contributed by atoms with Gasteiger partial charge in [0.2, 0.25) is 5.88 Å². The van der Waals surface area contributed by atoms with Gasteiger partial charge in [0.15, 0.2) is 0 Å². The van der Waals surface area contributed by atoms with E-state index >= 15 is 0 Å². The maximum absolute atomic E-state index is 13.7. The van der Waals surface area contributed by atoms with Gasteiger partial charge in [-0.2, -0.15) is 23.7 Å².